The molecule has 23 heavy (non-hydrogen) atoms. The van der Waals surface area contributed by atoms with Crippen LogP contribution in [0, 0.1) is 6.92 Å². The number of carbonyl (C=O) groups is 1. The van der Waals surface area contributed by atoms with Crippen molar-refractivity contribution >= 4 is 5.97 Å². The number of carboxylic acids is 1. The molecule has 0 aliphatic carbocycles. The minimum Gasteiger partial charge on any atom is -0.481 e. The van der Waals surface area contributed by atoms with Gasteiger partial charge in [0.15, 0.2) is 0 Å². The first-order chi connectivity index (χ1) is 10.8. The normalized spacial score (nSPS) is 11.3. The standard InChI is InChI=1S/C20H24O3/c1-14-5-11-18(17(13-14)20(2,3)4)23-16-9-6-15(7-10-16)8-12-19(21)22/h5-7,9-11,13H,8,12H2,1-4H3,(H,21,22). The van der Waals surface area contributed by atoms with E-state index in [0.29, 0.717) is 6.42 Å². The third-order valence-electron chi connectivity index (χ3n) is 3.72. The van der Waals surface area contributed by atoms with Gasteiger partial charge in [-0.1, -0.05) is 50.6 Å². The lowest BCUT2D eigenvalue weighted by atomic mass is 9.85. The summed E-state index contributed by atoms with van der Waals surface area (Å²) in [6.07, 6.45) is 0.680. The molecule has 2 aromatic carbocycles. The average molecular weight is 312 g/mol. The number of hydrogen-bond donors (Lipinski definition) is 1. The van der Waals surface area contributed by atoms with Crippen molar-refractivity contribution in [3.63, 3.8) is 0 Å². The van der Waals surface area contributed by atoms with Crippen LogP contribution in [0.5, 0.6) is 11.5 Å². The third-order valence-corrected chi connectivity index (χ3v) is 3.72. The molecule has 0 bridgehead atoms. The lowest BCUT2D eigenvalue weighted by Crippen LogP contribution is -2.12. The highest BCUT2D eigenvalue weighted by Gasteiger charge is 2.19. The molecule has 2 rings (SSSR count). The van der Waals surface area contributed by atoms with E-state index >= 15 is 0 Å². The largest absolute Gasteiger partial charge is 0.481 e. The summed E-state index contributed by atoms with van der Waals surface area (Å²) >= 11 is 0. The zero-order valence-electron chi connectivity index (χ0n) is 14.2. The van der Waals surface area contributed by atoms with Crippen LogP contribution in [0.25, 0.3) is 0 Å². The smallest absolute Gasteiger partial charge is 0.303 e. The van der Waals surface area contributed by atoms with E-state index in [0.717, 1.165) is 17.1 Å². The van der Waals surface area contributed by atoms with E-state index in [-0.39, 0.29) is 11.8 Å². The highest BCUT2D eigenvalue weighted by molar-refractivity contribution is 5.67. The summed E-state index contributed by atoms with van der Waals surface area (Å²) in [7, 11) is 0. The minimum absolute atomic E-state index is 0.00276. The van der Waals surface area contributed by atoms with Crippen molar-refractivity contribution in [1.82, 2.24) is 0 Å². The van der Waals surface area contributed by atoms with Crippen molar-refractivity contribution < 1.29 is 14.6 Å². The summed E-state index contributed by atoms with van der Waals surface area (Å²) < 4.78 is 6.06. The Morgan fingerprint density at radius 1 is 1.09 bits per heavy atom. The first-order valence-electron chi connectivity index (χ1n) is 7.85. The second kappa shape index (κ2) is 6.86. The molecule has 0 saturated heterocycles. The predicted octanol–water partition coefficient (Wildman–Crippen LogP) is 5.10. The van der Waals surface area contributed by atoms with Crippen LogP contribution in [0.3, 0.4) is 0 Å². The predicted molar refractivity (Wildman–Crippen MR) is 92.4 cm³/mol. The van der Waals surface area contributed by atoms with Crippen molar-refractivity contribution in [3.8, 4) is 11.5 Å². The summed E-state index contributed by atoms with van der Waals surface area (Å²) in [5.41, 5.74) is 3.39. The zero-order valence-corrected chi connectivity index (χ0v) is 14.2. The minimum atomic E-state index is -0.778. The molecule has 0 heterocycles. The highest BCUT2D eigenvalue weighted by atomic mass is 16.5. The zero-order chi connectivity index (χ0) is 17.0. The molecule has 1 N–H and O–H groups in total. The van der Waals surface area contributed by atoms with Gasteiger partial charge in [0.05, 0.1) is 0 Å². The highest BCUT2D eigenvalue weighted by Crippen LogP contribution is 2.34. The third kappa shape index (κ3) is 4.85. The molecule has 0 aliphatic rings. The van der Waals surface area contributed by atoms with Gasteiger partial charge in [-0.3, -0.25) is 4.79 Å². The number of hydrogen-bond acceptors (Lipinski definition) is 2. The van der Waals surface area contributed by atoms with E-state index in [1.54, 1.807) is 0 Å². The topological polar surface area (TPSA) is 46.5 Å². The molecule has 3 nitrogen and oxygen atoms in total. The maximum absolute atomic E-state index is 10.6. The quantitative estimate of drug-likeness (QED) is 0.835. The van der Waals surface area contributed by atoms with E-state index in [9.17, 15) is 4.79 Å². The Hall–Kier alpha value is -2.29. The van der Waals surface area contributed by atoms with Gasteiger partial charge in [-0.25, -0.2) is 0 Å². The number of benzene rings is 2. The second-order valence-electron chi connectivity index (χ2n) is 6.89. The summed E-state index contributed by atoms with van der Waals surface area (Å²) in [4.78, 5) is 10.6. The number of aliphatic carboxylic acids is 1. The molecule has 0 aromatic heterocycles. The van der Waals surface area contributed by atoms with Gasteiger partial charge in [-0.2, -0.15) is 0 Å². The monoisotopic (exact) mass is 312 g/mol. The lowest BCUT2D eigenvalue weighted by Gasteiger charge is -2.23. The van der Waals surface area contributed by atoms with Gasteiger partial charge in [0.25, 0.3) is 0 Å². The Bertz CT molecular complexity index is 679. The van der Waals surface area contributed by atoms with Crippen LogP contribution in [0.4, 0.5) is 0 Å². The molecule has 0 saturated carbocycles. The molecule has 2 aromatic rings. The second-order valence-corrected chi connectivity index (χ2v) is 6.89. The van der Waals surface area contributed by atoms with Gasteiger partial charge in [-0.15, -0.1) is 0 Å². The van der Waals surface area contributed by atoms with Crippen LogP contribution < -0.4 is 4.74 Å². The molecule has 122 valence electrons. The molecule has 0 aliphatic heterocycles. The first-order valence-corrected chi connectivity index (χ1v) is 7.85. The number of aryl methyl sites for hydroxylation is 2. The number of ether oxygens (including phenoxy) is 1. The SMILES string of the molecule is Cc1ccc(Oc2ccc(CCC(=O)O)cc2)c(C(C)(C)C)c1. The Balaban J connectivity index is 2.18. The van der Waals surface area contributed by atoms with Crippen molar-refractivity contribution in [2.45, 2.75) is 46.0 Å². The Morgan fingerprint density at radius 2 is 1.74 bits per heavy atom. The van der Waals surface area contributed by atoms with E-state index < -0.39 is 5.97 Å². The van der Waals surface area contributed by atoms with Crippen molar-refractivity contribution in [2.24, 2.45) is 0 Å². The van der Waals surface area contributed by atoms with Crippen molar-refractivity contribution in [2.75, 3.05) is 0 Å². The van der Waals surface area contributed by atoms with E-state index in [4.69, 9.17) is 9.84 Å². The maximum atomic E-state index is 10.6. The average Bonchev–Trinajstić information content (AvgIpc) is 2.47. The van der Waals surface area contributed by atoms with E-state index in [2.05, 4.69) is 33.8 Å². The van der Waals surface area contributed by atoms with E-state index in [1.165, 1.54) is 11.1 Å². The summed E-state index contributed by atoms with van der Waals surface area (Å²) in [6, 6.07) is 13.8. The summed E-state index contributed by atoms with van der Waals surface area (Å²) in [5, 5.41) is 8.73. The van der Waals surface area contributed by atoms with Gasteiger partial charge in [0.2, 0.25) is 0 Å². The van der Waals surface area contributed by atoms with Gasteiger partial charge in [0, 0.05) is 12.0 Å². The maximum Gasteiger partial charge on any atom is 0.303 e. The van der Waals surface area contributed by atoms with Gasteiger partial charge in [0.1, 0.15) is 11.5 Å². The van der Waals surface area contributed by atoms with Crippen LogP contribution in [0.2, 0.25) is 0 Å². The van der Waals surface area contributed by atoms with Crippen LogP contribution in [-0.4, -0.2) is 11.1 Å². The Morgan fingerprint density at radius 3 is 2.30 bits per heavy atom. The fraction of sp³-hybridized carbons (Fsp3) is 0.350. The number of rotatable bonds is 5. The van der Waals surface area contributed by atoms with Gasteiger partial charge in [-0.05, 0) is 42.5 Å². The van der Waals surface area contributed by atoms with Crippen molar-refractivity contribution in [3.05, 3.63) is 59.2 Å². The Labute approximate surface area is 137 Å². The van der Waals surface area contributed by atoms with Gasteiger partial charge < -0.3 is 9.84 Å². The molecule has 0 spiro atoms. The lowest BCUT2D eigenvalue weighted by molar-refractivity contribution is -0.136. The van der Waals surface area contributed by atoms with Crippen LogP contribution in [-0.2, 0) is 16.6 Å². The van der Waals surface area contributed by atoms with Crippen LogP contribution in [0.1, 0.15) is 43.9 Å². The van der Waals surface area contributed by atoms with E-state index in [1.807, 2.05) is 36.4 Å². The summed E-state index contributed by atoms with van der Waals surface area (Å²) in [6.45, 7) is 8.59. The molecule has 3 heteroatoms. The van der Waals surface area contributed by atoms with Crippen LogP contribution >= 0.6 is 0 Å². The molecular weight excluding hydrogens is 288 g/mol. The molecule has 0 radical (unpaired) electrons. The molecule has 0 amide bonds. The molecular formula is C20H24O3. The Kier molecular flexibility index (Phi) is 5.09. The fourth-order valence-electron chi connectivity index (χ4n) is 2.42. The van der Waals surface area contributed by atoms with Crippen molar-refractivity contribution in [1.29, 1.82) is 0 Å². The number of carboxylic acid groups (broad SMARTS) is 1. The fourth-order valence-corrected chi connectivity index (χ4v) is 2.42. The van der Waals surface area contributed by atoms with Gasteiger partial charge >= 0.3 is 5.97 Å². The molecule has 0 unspecified atom stereocenters. The first kappa shape index (κ1) is 17.1. The summed E-state index contributed by atoms with van der Waals surface area (Å²) in [5.74, 6) is 0.847. The van der Waals surface area contributed by atoms with Crippen LogP contribution in [0.15, 0.2) is 42.5 Å². The molecule has 0 atom stereocenters. The molecule has 0 fully saturated rings.